The minimum atomic E-state index is 0.887. The van der Waals surface area contributed by atoms with Crippen LogP contribution < -0.4 is 0 Å². The standard InChI is InChI=1S/C19H31N/c1-2-3-4-5-6-10-14-20-15-13-19(17-20)16-18-11-8-7-9-12-18/h7-9,11-12,19H,2-6,10,13-17H2,1H3/t19-/m0/s1. The van der Waals surface area contributed by atoms with Crippen molar-refractivity contribution in [3.05, 3.63) is 35.9 Å². The van der Waals surface area contributed by atoms with Crippen LogP contribution in [0.4, 0.5) is 0 Å². The summed E-state index contributed by atoms with van der Waals surface area (Å²) >= 11 is 0. The van der Waals surface area contributed by atoms with Gasteiger partial charge in [0.15, 0.2) is 0 Å². The van der Waals surface area contributed by atoms with Gasteiger partial charge in [0.05, 0.1) is 0 Å². The van der Waals surface area contributed by atoms with Gasteiger partial charge in [0.25, 0.3) is 0 Å². The highest BCUT2D eigenvalue weighted by Gasteiger charge is 2.21. The van der Waals surface area contributed by atoms with Crippen LogP contribution in [0, 0.1) is 5.92 Å². The first-order valence-corrected chi connectivity index (χ1v) is 8.64. The van der Waals surface area contributed by atoms with Crippen LogP contribution in [0.5, 0.6) is 0 Å². The molecule has 0 spiro atoms. The van der Waals surface area contributed by atoms with Gasteiger partial charge >= 0.3 is 0 Å². The summed E-state index contributed by atoms with van der Waals surface area (Å²) in [5.74, 6) is 0.887. The third kappa shape index (κ3) is 5.66. The highest BCUT2D eigenvalue weighted by Crippen LogP contribution is 2.21. The summed E-state index contributed by atoms with van der Waals surface area (Å²) in [6, 6.07) is 11.0. The Bertz CT molecular complexity index is 346. The Morgan fingerprint density at radius 1 is 1.00 bits per heavy atom. The van der Waals surface area contributed by atoms with E-state index in [4.69, 9.17) is 0 Å². The molecule has 1 aliphatic heterocycles. The summed E-state index contributed by atoms with van der Waals surface area (Å²) < 4.78 is 0. The van der Waals surface area contributed by atoms with Gasteiger partial charge in [-0.2, -0.15) is 0 Å². The Morgan fingerprint density at radius 2 is 1.75 bits per heavy atom. The van der Waals surface area contributed by atoms with E-state index < -0.39 is 0 Å². The topological polar surface area (TPSA) is 3.24 Å². The van der Waals surface area contributed by atoms with Crippen LogP contribution in [0.1, 0.15) is 57.4 Å². The molecule has 0 radical (unpaired) electrons. The maximum atomic E-state index is 2.69. The van der Waals surface area contributed by atoms with E-state index in [1.54, 1.807) is 0 Å². The van der Waals surface area contributed by atoms with Crippen LogP contribution >= 0.6 is 0 Å². The fourth-order valence-corrected chi connectivity index (χ4v) is 3.35. The minimum Gasteiger partial charge on any atom is -0.303 e. The average Bonchev–Trinajstić information content (AvgIpc) is 2.91. The van der Waals surface area contributed by atoms with Crippen molar-refractivity contribution >= 4 is 0 Å². The quantitative estimate of drug-likeness (QED) is 0.578. The first kappa shape index (κ1) is 15.6. The van der Waals surface area contributed by atoms with E-state index in [1.165, 1.54) is 76.6 Å². The normalized spacial score (nSPS) is 19.6. The zero-order valence-corrected chi connectivity index (χ0v) is 13.2. The van der Waals surface area contributed by atoms with Crippen molar-refractivity contribution in [1.82, 2.24) is 4.90 Å². The summed E-state index contributed by atoms with van der Waals surface area (Å²) in [7, 11) is 0. The first-order valence-electron chi connectivity index (χ1n) is 8.64. The summed E-state index contributed by atoms with van der Waals surface area (Å²) in [6.45, 7) is 6.27. The van der Waals surface area contributed by atoms with Gasteiger partial charge in [0.2, 0.25) is 0 Å². The number of hydrogen-bond donors (Lipinski definition) is 0. The monoisotopic (exact) mass is 273 g/mol. The molecule has 1 heterocycles. The fourth-order valence-electron chi connectivity index (χ4n) is 3.35. The van der Waals surface area contributed by atoms with Crippen LogP contribution in [-0.4, -0.2) is 24.5 Å². The lowest BCUT2D eigenvalue weighted by Crippen LogP contribution is -2.22. The van der Waals surface area contributed by atoms with Crippen molar-refractivity contribution in [3.8, 4) is 0 Å². The van der Waals surface area contributed by atoms with Crippen LogP contribution in [-0.2, 0) is 6.42 Å². The number of hydrogen-bond acceptors (Lipinski definition) is 1. The van der Waals surface area contributed by atoms with E-state index in [1.807, 2.05) is 0 Å². The number of nitrogens with zero attached hydrogens (tertiary/aromatic N) is 1. The Morgan fingerprint density at radius 3 is 2.55 bits per heavy atom. The van der Waals surface area contributed by atoms with Gasteiger partial charge in [-0.1, -0.05) is 69.4 Å². The predicted octanol–water partition coefficient (Wildman–Crippen LogP) is 4.91. The summed E-state index contributed by atoms with van der Waals surface area (Å²) in [4.78, 5) is 2.69. The van der Waals surface area contributed by atoms with E-state index in [0.29, 0.717) is 0 Å². The third-order valence-corrected chi connectivity index (χ3v) is 4.57. The van der Waals surface area contributed by atoms with Gasteiger partial charge < -0.3 is 4.90 Å². The molecule has 1 aromatic carbocycles. The lowest BCUT2D eigenvalue weighted by Gasteiger charge is -2.16. The molecule has 1 heteroatoms. The van der Waals surface area contributed by atoms with Crippen LogP contribution in [0.15, 0.2) is 30.3 Å². The Kier molecular flexibility index (Phi) is 7.14. The zero-order valence-electron chi connectivity index (χ0n) is 13.2. The van der Waals surface area contributed by atoms with Gasteiger partial charge in [-0.25, -0.2) is 0 Å². The number of rotatable bonds is 9. The lowest BCUT2D eigenvalue weighted by molar-refractivity contribution is 0.314. The molecule has 1 fully saturated rings. The molecular weight excluding hydrogens is 242 g/mol. The maximum Gasteiger partial charge on any atom is 0.00133 e. The molecule has 1 aliphatic rings. The molecule has 1 atom stereocenters. The SMILES string of the molecule is CCCCCCCCN1CC[C@@H](Cc2ccccc2)C1. The second kappa shape index (κ2) is 9.18. The molecule has 0 aliphatic carbocycles. The number of likely N-dealkylation sites (tertiary alicyclic amines) is 1. The van der Waals surface area contributed by atoms with Crippen molar-refractivity contribution in [3.63, 3.8) is 0 Å². The van der Waals surface area contributed by atoms with Crippen LogP contribution in [0.2, 0.25) is 0 Å². The zero-order chi connectivity index (χ0) is 14.0. The van der Waals surface area contributed by atoms with Crippen LogP contribution in [0.25, 0.3) is 0 Å². The van der Waals surface area contributed by atoms with Gasteiger partial charge in [-0.3, -0.25) is 0 Å². The smallest absolute Gasteiger partial charge is 0.00133 e. The molecule has 20 heavy (non-hydrogen) atoms. The Balaban J connectivity index is 1.56. The largest absolute Gasteiger partial charge is 0.303 e. The Labute approximate surface area is 125 Å². The van der Waals surface area contributed by atoms with Crippen molar-refractivity contribution in [1.29, 1.82) is 0 Å². The van der Waals surface area contributed by atoms with E-state index in [9.17, 15) is 0 Å². The minimum absolute atomic E-state index is 0.887. The molecule has 0 unspecified atom stereocenters. The number of benzene rings is 1. The van der Waals surface area contributed by atoms with Gasteiger partial charge in [0, 0.05) is 6.54 Å². The number of unbranched alkanes of at least 4 members (excludes halogenated alkanes) is 5. The molecule has 0 bridgehead atoms. The molecule has 1 nitrogen and oxygen atoms in total. The highest BCUT2D eigenvalue weighted by atomic mass is 15.1. The molecule has 0 saturated carbocycles. The molecule has 1 aromatic rings. The molecule has 0 amide bonds. The van der Waals surface area contributed by atoms with Gasteiger partial charge in [-0.15, -0.1) is 0 Å². The summed E-state index contributed by atoms with van der Waals surface area (Å²) in [5, 5.41) is 0. The summed E-state index contributed by atoms with van der Waals surface area (Å²) in [6.07, 6.45) is 11.2. The first-order chi connectivity index (χ1) is 9.88. The van der Waals surface area contributed by atoms with E-state index in [2.05, 4.69) is 42.2 Å². The highest BCUT2D eigenvalue weighted by molar-refractivity contribution is 5.15. The maximum absolute atomic E-state index is 2.69. The molecule has 2 rings (SSSR count). The fraction of sp³-hybridized carbons (Fsp3) is 0.684. The average molecular weight is 273 g/mol. The van der Waals surface area contributed by atoms with E-state index in [0.717, 1.165) is 5.92 Å². The van der Waals surface area contributed by atoms with Gasteiger partial charge in [-0.05, 0) is 43.8 Å². The van der Waals surface area contributed by atoms with Gasteiger partial charge in [0.1, 0.15) is 0 Å². The summed E-state index contributed by atoms with van der Waals surface area (Å²) in [5.41, 5.74) is 1.51. The van der Waals surface area contributed by atoms with E-state index in [-0.39, 0.29) is 0 Å². The molecule has 0 aromatic heterocycles. The van der Waals surface area contributed by atoms with Crippen molar-refractivity contribution in [2.75, 3.05) is 19.6 Å². The van der Waals surface area contributed by atoms with Crippen molar-refractivity contribution in [2.45, 2.75) is 58.3 Å². The molecular formula is C19H31N. The van der Waals surface area contributed by atoms with E-state index >= 15 is 0 Å². The predicted molar refractivity (Wildman–Crippen MR) is 88.1 cm³/mol. The lowest BCUT2D eigenvalue weighted by atomic mass is 9.99. The van der Waals surface area contributed by atoms with Crippen molar-refractivity contribution in [2.24, 2.45) is 5.92 Å². The molecule has 112 valence electrons. The third-order valence-electron chi connectivity index (χ3n) is 4.57. The molecule has 1 saturated heterocycles. The van der Waals surface area contributed by atoms with Crippen molar-refractivity contribution < 1.29 is 0 Å². The molecule has 0 N–H and O–H groups in total. The second-order valence-corrected chi connectivity index (χ2v) is 6.41. The second-order valence-electron chi connectivity index (χ2n) is 6.41. The van der Waals surface area contributed by atoms with Crippen LogP contribution in [0.3, 0.4) is 0 Å². The Hall–Kier alpha value is -0.820.